The van der Waals surface area contributed by atoms with Gasteiger partial charge in [-0.3, -0.25) is 0 Å². The number of rotatable bonds is 1. The molecule has 0 amide bonds. The standard InChI is InChI=1S/C8H15N/c9-7-8-5-3-1-2-4-6-8/h5H,1-4,6-7,9H2. The molecule has 1 heteroatoms. The van der Waals surface area contributed by atoms with E-state index in [0.717, 1.165) is 6.54 Å². The highest BCUT2D eigenvalue weighted by molar-refractivity contribution is 5.04. The predicted molar refractivity (Wildman–Crippen MR) is 40.2 cm³/mol. The molecule has 1 aliphatic rings. The van der Waals surface area contributed by atoms with Gasteiger partial charge in [0.1, 0.15) is 0 Å². The summed E-state index contributed by atoms with van der Waals surface area (Å²) in [7, 11) is 0. The van der Waals surface area contributed by atoms with Crippen molar-refractivity contribution in [3.63, 3.8) is 0 Å². The van der Waals surface area contributed by atoms with Crippen LogP contribution in [0.2, 0.25) is 0 Å². The van der Waals surface area contributed by atoms with Gasteiger partial charge in [-0.25, -0.2) is 0 Å². The van der Waals surface area contributed by atoms with Gasteiger partial charge in [-0.05, 0) is 25.7 Å². The molecule has 0 aromatic carbocycles. The van der Waals surface area contributed by atoms with Crippen molar-refractivity contribution in [1.82, 2.24) is 0 Å². The van der Waals surface area contributed by atoms with Crippen LogP contribution in [0, 0.1) is 0 Å². The average molecular weight is 125 g/mol. The van der Waals surface area contributed by atoms with Crippen LogP contribution in [0.5, 0.6) is 0 Å². The van der Waals surface area contributed by atoms with Crippen LogP contribution in [-0.2, 0) is 0 Å². The van der Waals surface area contributed by atoms with Crippen LogP contribution in [0.4, 0.5) is 0 Å². The van der Waals surface area contributed by atoms with Gasteiger partial charge in [-0.15, -0.1) is 0 Å². The van der Waals surface area contributed by atoms with Crippen molar-refractivity contribution in [3.8, 4) is 0 Å². The summed E-state index contributed by atoms with van der Waals surface area (Å²) in [5.74, 6) is 0. The zero-order chi connectivity index (χ0) is 6.53. The van der Waals surface area contributed by atoms with E-state index in [0.29, 0.717) is 0 Å². The maximum absolute atomic E-state index is 5.50. The largest absolute Gasteiger partial charge is 0.327 e. The first kappa shape index (κ1) is 6.81. The second kappa shape index (κ2) is 3.67. The molecule has 0 spiro atoms. The molecular weight excluding hydrogens is 110 g/mol. The Morgan fingerprint density at radius 2 is 2.22 bits per heavy atom. The zero-order valence-corrected chi connectivity index (χ0v) is 5.90. The third kappa shape index (κ3) is 2.19. The molecule has 0 saturated carbocycles. The van der Waals surface area contributed by atoms with E-state index in [1.165, 1.54) is 37.7 Å². The smallest absolute Gasteiger partial charge is 0.0136 e. The van der Waals surface area contributed by atoms with Gasteiger partial charge >= 0.3 is 0 Å². The summed E-state index contributed by atoms with van der Waals surface area (Å²) in [6.07, 6.45) is 8.92. The van der Waals surface area contributed by atoms with Crippen LogP contribution in [-0.4, -0.2) is 6.54 Å². The number of hydrogen-bond donors (Lipinski definition) is 1. The highest BCUT2D eigenvalue weighted by Crippen LogP contribution is 2.15. The minimum atomic E-state index is 0.778. The Hall–Kier alpha value is -0.300. The Bertz CT molecular complexity index is 105. The Kier molecular flexibility index (Phi) is 2.78. The van der Waals surface area contributed by atoms with Crippen LogP contribution >= 0.6 is 0 Å². The first-order chi connectivity index (χ1) is 4.43. The molecular formula is C8H15N. The fourth-order valence-corrected chi connectivity index (χ4v) is 1.27. The van der Waals surface area contributed by atoms with Gasteiger partial charge in [0.05, 0.1) is 0 Å². The molecule has 2 N–H and O–H groups in total. The number of allylic oxidation sites excluding steroid dienone is 1. The third-order valence-electron chi connectivity index (χ3n) is 1.90. The Balaban J connectivity index is 2.37. The van der Waals surface area contributed by atoms with Crippen LogP contribution in [0.3, 0.4) is 0 Å². The molecule has 1 aliphatic carbocycles. The second-order valence-corrected chi connectivity index (χ2v) is 2.67. The molecule has 0 bridgehead atoms. The molecule has 0 atom stereocenters. The highest BCUT2D eigenvalue weighted by Gasteiger charge is 1.98. The van der Waals surface area contributed by atoms with Crippen molar-refractivity contribution >= 4 is 0 Å². The Labute approximate surface area is 56.9 Å². The Morgan fingerprint density at radius 3 is 3.00 bits per heavy atom. The van der Waals surface area contributed by atoms with E-state index in [-0.39, 0.29) is 0 Å². The maximum Gasteiger partial charge on any atom is 0.0136 e. The van der Waals surface area contributed by atoms with Gasteiger partial charge < -0.3 is 5.73 Å². The van der Waals surface area contributed by atoms with Gasteiger partial charge in [0.2, 0.25) is 0 Å². The molecule has 0 aromatic heterocycles. The van der Waals surface area contributed by atoms with Gasteiger partial charge in [0, 0.05) is 6.54 Å². The topological polar surface area (TPSA) is 26.0 Å². The zero-order valence-electron chi connectivity index (χ0n) is 5.90. The number of hydrogen-bond acceptors (Lipinski definition) is 1. The van der Waals surface area contributed by atoms with Crippen LogP contribution in [0.1, 0.15) is 32.1 Å². The molecule has 52 valence electrons. The van der Waals surface area contributed by atoms with Crippen molar-refractivity contribution in [1.29, 1.82) is 0 Å². The summed E-state index contributed by atoms with van der Waals surface area (Å²) in [5, 5.41) is 0. The molecule has 1 nitrogen and oxygen atoms in total. The van der Waals surface area contributed by atoms with E-state index in [1.807, 2.05) is 0 Å². The van der Waals surface area contributed by atoms with Gasteiger partial charge in [-0.1, -0.05) is 18.1 Å². The van der Waals surface area contributed by atoms with Crippen molar-refractivity contribution < 1.29 is 0 Å². The molecule has 9 heavy (non-hydrogen) atoms. The lowest BCUT2D eigenvalue weighted by atomic mass is 10.1. The minimum Gasteiger partial charge on any atom is -0.327 e. The minimum absolute atomic E-state index is 0.778. The molecule has 1 rings (SSSR count). The molecule has 0 aliphatic heterocycles. The second-order valence-electron chi connectivity index (χ2n) is 2.67. The SMILES string of the molecule is NCC1=CCCCCC1. The summed E-state index contributed by atoms with van der Waals surface area (Å²) in [5.41, 5.74) is 6.97. The third-order valence-corrected chi connectivity index (χ3v) is 1.90. The predicted octanol–water partition coefficient (Wildman–Crippen LogP) is 1.84. The van der Waals surface area contributed by atoms with E-state index in [1.54, 1.807) is 0 Å². The van der Waals surface area contributed by atoms with E-state index in [9.17, 15) is 0 Å². The summed E-state index contributed by atoms with van der Waals surface area (Å²) >= 11 is 0. The van der Waals surface area contributed by atoms with Gasteiger partial charge in [0.15, 0.2) is 0 Å². The maximum atomic E-state index is 5.50. The number of nitrogens with two attached hydrogens (primary N) is 1. The molecule has 0 aromatic rings. The van der Waals surface area contributed by atoms with Crippen molar-refractivity contribution in [2.45, 2.75) is 32.1 Å². The van der Waals surface area contributed by atoms with Crippen molar-refractivity contribution in [3.05, 3.63) is 11.6 Å². The van der Waals surface area contributed by atoms with E-state index in [2.05, 4.69) is 6.08 Å². The molecule has 0 heterocycles. The lowest BCUT2D eigenvalue weighted by molar-refractivity contribution is 0.708. The van der Waals surface area contributed by atoms with Gasteiger partial charge in [-0.2, -0.15) is 0 Å². The molecule has 0 saturated heterocycles. The van der Waals surface area contributed by atoms with Gasteiger partial charge in [0.25, 0.3) is 0 Å². The lowest BCUT2D eigenvalue weighted by Crippen LogP contribution is -2.01. The summed E-state index contributed by atoms with van der Waals surface area (Å²) in [6.45, 7) is 0.778. The van der Waals surface area contributed by atoms with Crippen LogP contribution < -0.4 is 5.73 Å². The molecule has 0 radical (unpaired) electrons. The van der Waals surface area contributed by atoms with Crippen LogP contribution in [0.25, 0.3) is 0 Å². The Morgan fingerprint density at radius 1 is 1.33 bits per heavy atom. The molecule has 0 fully saturated rings. The van der Waals surface area contributed by atoms with Crippen molar-refractivity contribution in [2.75, 3.05) is 6.54 Å². The quantitative estimate of drug-likeness (QED) is 0.532. The molecule has 0 unspecified atom stereocenters. The average Bonchev–Trinajstić information content (AvgIpc) is 2.13. The fraction of sp³-hybridized carbons (Fsp3) is 0.750. The lowest BCUT2D eigenvalue weighted by Gasteiger charge is -1.97. The normalized spacial score (nSPS) is 20.8. The first-order valence-corrected chi connectivity index (χ1v) is 3.81. The summed E-state index contributed by atoms with van der Waals surface area (Å²) in [4.78, 5) is 0. The van der Waals surface area contributed by atoms with Crippen molar-refractivity contribution in [2.24, 2.45) is 5.73 Å². The van der Waals surface area contributed by atoms with E-state index >= 15 is 0 Å². The van der Waals surface area contributed by atoms with E-state index in [4.69, 9.17) is 5.73 Å². The van der Waals surface area contributed by atoms with Crippen LogP contribution in [0.15, 0.2) is 11.6 Å². The highest BCUT2D eigenvalue weighted by atomic mass is 14.5. The summed E-state index contributed by atoms with van der Waals surface area (Å²) in [6, 6.07) is 0. The van der Waals surface area contributed by atoms with E-state index < -0.39 is 0 Å². The summed E-state index contributed by atoms with van der Waals surface area (Å²) < 4.78 is 0. The first-order valence-electron chi connectivity index (χ1n) is 3.81. The fourth-order valence-electron chi connectivity index (χ4n) is 1.27. The monoisotopic (exact) mass is 125 g/mol.